The molecule has 1 aromatic rings. The Balaban J connectivity index is 2.86. The predicted octanol–water partition coefficient (Wildman–Crippen LogP) is 1.50. The molecule has 0 amide bonds. The molecule has 0 saturated heterocycles. The number of hydrogen-bond donors (Lipinski definition) is 3. The fraction of sp³-hybridized carbons (Fsp3) is 0.455. The summed E-state index contributed by atoms with van der Waals surface area (Å²) in [4.78, 5) is 0. The van der Waals surface area contributed by atoms with Gasteiger partial charge in [-0.3, -0.25) is 0 Å². The first-order valence-corrected chi connectivity index (χ1v) is 5.66. The molecule has 0 radical (unpaired) electrons. The minimum absolute atomic E-state index is 0.0122. The predicted molar refractivity (Wildman–Crippen MR) is 63.5 cm³/mol. The largest absolute Gasteiger partial charge is 0.396 e. The first kappa shape index (κ1) is 12.6. The van der Waals surface area contributed by atoms with Crippen LogP contribution in [0.5, 0.6) is 0 Å². The Hall–Kier alpha value is -0.420. The van der Waals surface area contributed by atoms with Crippen LogP contribution in [0, 0.1) is 6.92 Å². The van der Waals surface area contributed by atoms with E-state index in [9.17, 15) is 5.11 Å². The van der Waals surface area contributed by atoms with Crippen molar-refractivity contribution in [1.29, 1.82) is 0 Å². The second kappa shape index (κ2) is 5.61. The van der Waals surface area contributed by atoms with Crippen LogP contribution in [0.1, 0.15) is 23.7 Å². The van der Waals surface area contributed by atoms with Gasteiger partial charge in [-0.1, -0.05) is 28.1 Å². The number of hydrogen-bond acceptors (Lipinski definition) is 3. The zero-order chi connectivity index (χ0) is 11.4. The summed E-state index contributed by atoms with van der Waals surface area (Å²) in [6, 6.07) is 5.27. The minimum atomic E-state index is -0.743. The lowest BCUT2D eigenvalue weighted by atomic mass is 10.00. The molecule has 3 nitrogen and oxygen atoms in total. The van der Waals surface area contributed by atoms with Crippen LogP contribution in [0.25, 0.3) is 0 Å². The van der Waals surface area contributed by atoms with Gasteiger partial charge in [0.2, 0.25) is 0 Å². The third-order valence-electron chi connectivity index (χ3n) is 2.34. The Morgan fingerprint density at radius 2 is 2.13 bits per heavy atom. The van der Waals surface area contributed by atoms with Crippen molar-refractivity contribution in [3.05, 3.63) is 33.8 Å². The van der Waals surface area contributed by atoms with Gasteiger partial charge in [0.1, 0.15) is 0 Å². The highest BCUT2D eigenvalue weighted by Crippen LogP contribution is 2.26. The van der Waals surface area contributed by atoms with E-state index in [-0.39, 0.29) is 6.61 Å². The van der Waals surface area contributed by atoms with E-state index >= 15 is 0 Å². The van der Waals surface area contributed by atoms with Crippen molar-refractivity contribution in [2.24, 2.45) is 5.73 Å². The first-order valence-electron chi connectivity index (χ1n) is 4.87. The van der Waals surface area contributed by atoms with E-state index in [1.807, 2.05) is 25.1 Å². The summed E-state index contributed by atoms with van der Waals surface area (Å²) in [5, 5.41) is 18.7. The van der Waals surface area contributed by atoms with Gasteiger partial charge in [0.05, 0.1) is 6.10 Å². The van der Waals surface area contributed by atoms with Gasteiger partial charge in [-0.2, -0.15) is 0 Å². The molecule has 0 aromatic heterocycles. The standard InChI is InChI=1S/C11H16BrNO2/c1-7-2-3-8(9(12)6-7)11(15)10(13)4-5-14/h2-3,6,10-11,14-15H,4-5,13H2,1H3. The van der Waals surface area contributed by atoms with Crippen LogP contribution in [0.2, 0.25) is 0 Å². The number of aliphatic hydroxyl groups is 2. The second-order valence-electron chi connectivity index (χ2n) is 3.65. The van der Waals surface area contributed by atoms with Crippen LogP contribution in [0.4, 0.5) is 0 Å². The van der Waals surface area contributed by atoms with E-state index in [1.54, 1.807) is 0 Å². The number of nitrogens with two attached hydrogens (primary N) is 1. The summed E-state index contributed by atoms with van der Waals surface area (Å²) >= 11 is 3.39. The van der Waals surface area contributed by atoms with Gasteiger partial charge >= 0.3 is 0 Å². The highest BCUT2D eigenvalue weighted by Gasteiger charge is 2.18. The Morgan fingerprint density at radius 3 is 2.67 bits per heavy atom. The van der Waals surface area contributed by atoms with Crippen LogP contribution in [-0.4, -0.2) is 22.9 Å². The van der Waals surface area contributed by atoms with Crippen molar-refractivity contribution in [2.45, 2.75) is 25.5 Å². The number of benzene rings is 1. The van der Waals surface area contributed by atoms with Crippen molar-refractivity contribution < 1.29 is 10.2 Å². The highest BCUT2D eigenvalue weighted by atomic mass is 79.9. The van der Waals surface area contributed by atoms with E-state index in [2.05, 4.69) is 15.9 Å². The average molecular weight is 274 g/mol. The van der Waals surface area contributed by atoms with Gasteiger partial charge in [0.15, 0.2) is 0 Å². The molecule has 0 fully saturated rings. The quantitative estimate of drug-likeness (QED) is 0.779. The lowest BCUT2D eigenvalue weighted by molar-refractivity contribution is 0.128. The van der Waals surface area contributed by atoms with Crippen molar-refractivity contribution in [1.82, 2.24) is 0 Å². The van der Waals surface area contributed by atoms with Gasteiger partial charge < -0.3 is 15.9 Å². The molecule has 2 atom stereocenters. The Morgan fingerprint density at radius 1 is 1.47 bits per heavy atom. The molecule has 4 N–H and O–H groups in total. The van der Waals surface area contributed by atoms with Crippen molar-refractivity contribution in [3.63, 3.8) is 0 Å². The summed E-state index contributed by atoms with van der Waals surface area (Å²) in [5.74, 6) is 0. The molecule has 0 saturated carbocycles. The third kappa shape index (κ3) is 3.28. The maximum Gasteiger partial charge on any atom is 0.0952 e. The van der Waals surface area contributed by atoms with Crippen molar-refractivity contribution in [2.75, 3.05) is 6.61 Å². The second-order valence-corrected chi connectivity index (χ2v) is 4.50. The van der Waals surface area contributed by atoms with Crippen LogP contribution >= 0.6 is 15.9 Å². The topological polar surface area (TPSA) is 66.5 Å². The normalized spacial score (nSPS) is 15.0. The van der Waals surface area contributed by atoms with E-state index in [0.717, 1.165) is 15.6 Å². The Kier molecular flexibility index (Phi) is 4.73. The molecule has 0 heterocycles. The third-order valence-corrected chi connectivity index (χ3v) is 3.03. The zero-order valence-electron chi connectivity index (χ0n) is 8.65. The molecule has 0 aliphatic rings. The molecule has 2 unspecified atom stereocenters. The van der Waals surface area contributed by atoms with Crippen LogP contribution in [0.3, 0.4) is 0 Å². The van der Waals surface area contributed by atoms with Crippen molar-refractivity contribution in [3.8, 4) is 0 Å². The van der Waals surface area contributed by atoms with Gasteiger partial charge in [0.25, 0.3) is 0 Å². The first-order chi connectivity index (χ1) is 7.06. The SMILES string of the molecule is Cc1ccc(C(O)C(N)CCO)c(Br)c1. The van der Waals surface area contributed by atoms with Gasteiger partial charge in [-0.15, -0.1) is 0 Å². The molecule has 15 heavy (non-hydrogen) atoms. The Bertz CT molecular complexity index is 330. The number of aryl methyl sites for hydroxylation is 1. The highest BCUT2D eigenvalue weighted by molar-refractivity contribution is 9.10. The van der Waals surface area contributed by atoms with Crippen LogP contribution < -0.4 is 5.73 Å². The fourth-order valence-corrected chi connectivity index (χ4v) is 2.14. The summed E-state index contributed by atoms with van der Waals surface area (Å²) in [6.45, 7) is 1.97. The maximum absolute atomic E-state index is 9.93. The maximum atomic E-state index is 9.93. The molecule has 0 bridgehead atoms. The molecule has 84 valence electrons. The lowest BCUT2D eigenvalue weighted by Crippen LogP contribution is -2.29. The summed E-state index contributed by atoms with van der Waals surface area (Å²) in [6.07, 6.45) is -0.353. The molecule has 1 rings (SSSR count). The monoisotopic (exact) mass is 273 g/mol. The number of halogens is 1. The molecule has 0 aliphatic carbocycles. The molecule has 0 aliphatic heterocycles. The summed E-state index contributed by atoms with van der Waals surface area (Å²) in [7, 11) is 0. The van der Waals surface area contributed by atoms with E-state index in [0.29, 0.717) is 6.42 Å². The van der Waals surface area contributed by atoms with Gasteiger partial charge in [-0.25, -0.2) is 0 Å². The fourth-order valence-electron chi connectivity index (χ4n) is 1.41. The number of rotatable bonds is 4. The van der Waals surface area contributed by atoms with Crippen molar-refractivity contribution >= 4 is 15.9 Å². The summed E-state index contributed by atoms with van der Waals surface area (Å²) < 4.78 is 0.850. The molecular weight excluding hydrogens is 258 g/mol. The molecule has 4 heteroatoms. The van der Waals surface area contributed by atoms with E-state index in [1.165, 1.54) is 0 Å². The molecule has 0 spiro atoms. The zero-order valence-corrected chi connectivity index (χ0v) is 10.2. The van der Waals surface area contributed by atoms with Crippen LogP contribution in [0.15, 0.2) is 22.7 Å². The summed E-state index contributed by atoms with van der Waals surface area (Å²) in [5.41, 5.74) is 7.62. The minimum Gasteiger partial charge on any atom is -0.396 e. The lowest BCUT2D eigenvalue weighted by Gasteiger charge is -2.19. The van der Waals surface area contributed by atoms with Gasteiger partial charge in [-0.05, 0) is 30.5 Å². The van der Waals surface area contributed by atoms with E-state index in [4.69, 9.17) is 10.8 Å². The Labute approximate surface area is 98.1 Å². The van der Waals surface area contributed by atoms with Gasteiger partial charge in [0, 0.05) is 17.1 Å². The smallest absolute Gasteiger partial charge is 0.0952 e. The molecular formula is C11H16BrNO2. The van der Waals surface area contributed by atoms with Crippen LogP contribution in [-0.2, 0) is 0 Å². The molecule has 1 aromatic carbocycles. The average Bonchev–Trinajstić information content (AvgIpc) is 2.17. The number of aliphatic hydroxyl groups excluding tert-OH is 2. The van der Waals surface area contributed by atoms with E-state index < -0.39 is 12.1 Å².